The van der Waals surface area contributed by atoms with Crippen molar-refractivity contribution in [3.63, 3.8) is 0 Å². The predicted molar refractivity (Wildman–Crippen MR) is 123 cm³/mol. The zero-order valence-corrected chi connectivity index (χ0v) is 18.5. The van der Waals surface area contributed by atoms with Crippen molar-refractivity contribution in [2.75, 3.05) is 44.7 Å². The second kappa shape index (κ2) is 10.7. The van der Waals surface area contributed by atoms with Crippen LogP contribution in [0.5, 0.6) is 5.75 Å². The highest BCUT2D eigenvalue weighted by molar-refractivity contribution is 5.94. The maximum Gasteiger partial charge on any atom is 0.231 e. The minimum absolute atomic E-state index is 0.129. The number of hydrogen-bond donors (Lipinski definition) is 1. The first-order valence-corrected chi connectivity index (χ1v) is 11.6. The molecule has 31 heavy (non-hydrogen) atoms. The Hall–Kier alpha value is -2.44. The van der Waals surface area contributed by atoms with Crippen LogP contribution in [0.3, 0.4) is 0 Å². The molecule has 6 nitrogen and oxygen atoms in total. The number of anilines is 1. The molecule has 1 saturated heterocycles. The number of benzene rings is 1. The molecule has 1 amide bonds. The van der Waals surface area contributed by atoms with Gasteiger partial charge in [0.2, 0.25) is 5.91 Å². The fourth-order valence-corrected chi connectivity index (χ4v) is 4.91. The second-order valence-electron chi connectivity index (χ2n) is 8.51. The lowest BCUT2D eigenvalue weighted by molar-refractivity contribution is -0.123. The summed E-state index contributed by atoms with van der Waals surface area (Å²) in [5, 5.41) is 3.52. The average Bonchev–Trinajstić information content (AvgIpc) is 2.85. The van der Waals surface area contributed by atoms with Crippen LogP contribution in [0.1, 0.15) is 43.7 Å². The highest BCUT2D eigenvalue weighted by atomic mass is 16.5. The van der Waals surface area contributed by atoms with Crippen LogP contribution < -0.4 is 15.0 Å². The summed E-state index contributed by atoms with van der Waals surface area (Å²) >= 11 is 0. The minimum atomic E-state index is 0.129. The van der Waals surface area contributed by atoms with Crippen molar-refractivity contribution in [1.82, 2.24) is 15.2 Å². The van der Waals surface area contributed by atoms with Crippen LogP contribution in [-0.2, 0) is 4.79 Å². The van der Waals surface area contributed by atoms with Gasteiger partial charge in [-0.1, -0.05) is 43.5 Å². The van der Waals surface area contributed by atoms with E-state index < -0.39 is 0 Å². The van der Waals surface area contributed by atoms with Crippen LogP contribution >= 0.6 is 0 Å². The number of nitrogens with one attached hydrogen (secondary N) is 1. The van der Waals surface area contributed by atoms with E-state index in [4.69, 9.17) is 4.74 Å². The number of pyridine rings is 1. The molecular formula is C25H34N4O2. The van der Waals surface area contributed by atoms with E-state index in [1.54, 1.807) is 13.3 Å². The van der Waals surface area contributed by atoms with Gasteiger partial charge in [-0.25, -0.2) is 4.98 Å². The van der Waals surface area contributed by atoms with Crippen molar-refractivity contribution >= 4 is 11.7 Å². The van der Waals surface area contributed by atoms with Crippen LogP contribution in [0, 0.1) is 5.92 Å². The molecule has 1 atom stereocenters. The van der Waals surface area contributed by atoms with Crippen LogP contribution in [0.15, 0.2) is 48.7 Å². The van der Waals surface area contributed by atoms with E-state index in [1.165, 1.54) is 12.0 Å². The first-order chi connectivity index (χ1) is 15.3. The smallest absolute Gasteiger partial charge is 0.231 e. The first kappa shape index (κ1) is 21.8. The van der Waals surface area contributed by atoms with Crippen LogP contribution in [0.2, 0.25) is 0 Å². The maximum atomic E-state index is 13.5. The predicted octanol–water partition coefficient (Wildman–Crippen LogP) is 3.65. The molecule has 166 valence electrons. The van der Waals surface area contributed by atoms with E-state index in [1.807, 2.05) is 35.2 Å². The van der Waals surface area contributed by atoms with Gasteiger partial charge in [0.15, 0.2) is 0 Å². The SMILES string of the molecule is COc1ccccc1C1CNCCN1CCN(C(=O)C1CCCCC1)c1ccccn1. The molecule has 0 bridgehead atoms. The monoisotopic (exact) mass is 422 g/mol. The van der Waals surface area contributed by atoms with Gasteiger partial charge in [0.1, 0.15) is 11.6 Å². The fraction of sp³-hybridized carbons (Fsp3) is 0.520. The molecule has 6 heteroatoms. The van der Waals surface area contributed by atoms with Gasteiger partial charge >= 0.3 is 0 Å². The van der Waals surface area contributed by atoms with Crippen molar-refractivity contribution in [3.05, 3.63) is 54.2 Å². The summed E-state index contributed by atoms with van der Waals surface area (Å²) < 4.78 is 5.63. The van der Waals surface area contributed by atoms with Gasteiger partial charge in [0.25, 0.3) is 0 Å². The minimum Gasteiger partial charge on any atom is -0.496 e. The van der Waals surface area contributed by atoms with Gasteiger partial charge in [-0.05, 0) is 31.0 Å². The number of para-hydroxylation sites is 1. The molecule has 1 aliphatic carbocycles. The van der Waals surface area contributed by atoms with Crippen molar-refractivity contribution < 1.29 is 9.53 Å². The number of hydrogen-bond acceptors (Lipinski definition) is 5. The van der Waals surface area contributed by atoms with Crippen molar-refractivity contribution in [2.45, 2.75) is 38.1 Å². The Morgan fingerprint density at radius 3 is 2.74 bits per heavy atom. The number of methoxy groups -OCH3 is 1. The van der Waals surface area contributed by atoms with E-state index in [0.717, 1.165) is 63.4 Å². The molecule has 1 saturated carbocycles. The summed E-state index contributed by atoms with van der Waals surface area (Å²) in [5.74, 6) is 2.05. The number of amides is 1. The molecule has 1 unspecified atom stereocenters. The van der Waals surface area contributed by atoms with Crippen molar-refractivity contribution in [3.8, 4) is 5.75 Å². The molecule has 2 aromatic rings. The molecule has 4 rings (SSSR count). The summed E-state index contributed by atoms with van der Waals surface area (Å²) in [6, 6.07) is 14.3. The number of aromatic nitrogens is 1. The maximum absolute atomic E-state index is 13.5. The first-order valence-electron chi connectivity index (χ1n) is 11.6. The third kappa shape index (κ3) is 5.25. The van der Waals surface area contributed by atoms with Gasteiger partial charge < -0.3 is 10.1 Å². The van der Waals surface area contributed by atoms with Gasteiger partial charge in [0, 0.05) is 50.4 Å². The Labute approximate surface area is 185 Å². The Balaban J connectivity index is 1.51. The van der Waals surface area contributed by atoms with E-state index in [-0.39, 0.29) is 17.9 Å². The number of piperazine rings is 1. The van der Waals surface area contributed by atoms with Crippen LogP contribution in [-0.4, -0.2) is 55.6 Å². The second-order valence-corrected chi connectivity index (χ2v) is 8.51. The summed E-state index contributed by atoms with van der Waals surface area (Å²) in [5.41, 5.74) is 1.19. The quantitative estimate of drug-likeness (QED) is 0.738. The van der Waals surface area contributed by atoms with Gasteiger partial charge in [0.05, 0.1) is 13.2 Å². The standard InChI is InChI=1S/C25H34N4O2/c1-31-23-12-6-5-11-21(23)22-19-26-15-16-28(22)17-18-29(24-13-7-8-14-27-24)25(30)20-9-3-2-4-10-20/h5-8,11-14,20,22,26H,2-4,9-10,15-19H2,1H3. The van der Waals surface area contributed by atoms with E-state index in [2.05, 4.69) is 27.3 Å². The van der Waals surface area contributed by atoms with Crippen molar-refractivity contribution in [2.24, 2.45) is 5.92 Å². The normalized spacial score (nSPS) is 20.4. The molecule has 0 radical (unpaired) electrons. The number of rotatable bonds is 7. The molecule has 2 fully saturated rings. The summed E-state index contributed by atoms with van der Waals surface area (Å²) in [4.78, 5) is 22.4. The Morgan fingerprint density at radius 2 is 1.97 bits per heavy atom. The number of carbonyl (C=O) groups is 1. The zero-order chi connectivity index (χ0) is 21.5. The fourth-order valence-electron chi connectivity index (χ4n) is 4.91. The molecule has 1 N–H and O–H groups in total. The topological polar surface area (TPSA) is 57.7 Å². The van der Waals surface area contributed by atoms with Crippen LogP contribution in [0.25, 0.3) is 0 Å². The molecule has 0 spiro atoms. The lowest BCUT2D eigenvalue weighted by atomic mass is 9.88. The largest absolute Gasteiger partial charge is 0.496 e. The van der Waals surface area contributed by atoms with E-state index in [9.17, 15) is 4.79 Å². The molecule has 2 heterocycles. The number of ether oxygens (including phenoxy) is 1. The Kier molecular flexibility index (Phi) is 7.54. The Bertz CT molecular complexity index is 838. The van der Waals surface area contributed by atoms with Crippen LogP contribution in [0.4, 0.5) is 5.82 Å². The lowest BCUT2D eigenvalue weighted by Crippen LogP contribution is -2.50. The average molecular weight is 423 g/mol. The third-order valence-corrected chi connectivity index (χ3v) is 6.61. The lowest BCUT2D eigenvalue weighted by Gasteiger charge is -2.38. The summed E-state index contributed by atoms with van der Waals surface area (Å²) in [7, 11) is 1.73. The van der Waals surface area contributed by atoms with Gasteiger partial charge in [-0.3, -0.25) is 14.6 Å². The molecule has 1 aromatic heterocycles. The van der Waals surface area contributed by atoms with Gasteiger partial charge in [-0.15, -0.1) is 0 Å². The molecule has 2 aliphatic rings. The Morgan fingerprint density at radius 1 is 1.16 bits per heavy atom. The molecule has 1 aliphatic heterocycles. The van der Waals surface area contributed by atoms with Crippen molar-refractivity contribution in [1.29, 1.82) is 0 Å². The highest BCUT2D eigenvalue weighted by Crippen LogP contribution is 2.31. The highest BCUT2D eigenvalue weighted by Gasteiger charge is 2.30. The number of nitrogens with zero attached hydrogens (tertiary/aromatic N) is 3. The van der Waals surface area contributed by atoms with E-state index in [0.29, 0.717) is 6.54 Å². The number of carbonyl (C=O) groups excluding carboxylic acids is 1. The third-order valence-electron chi connectivity index (χ3n) is 6.61. The van der Waals surface area contributed by atoms with E-state index >= 15 is 0 Å². The summed E-state index contributed by atoms with van der Waals surface area (Å²) in [6.45, 7) is 4.22. The summed E-state index contributed by atoms with van der Waals surface area (Å²) in [6.07, 6.45) is 7.33. The molecular weight excluding hydrogens is 388 g/mol. The zero-order valence-electron chi connectivity index (χ0n) is 18.5. The molecule has 1 aromatic carbocycles. The van der Waals surface area contributed by atoms with Gasteiger partial charge in [-0.2, -0.15) is 0 Å².